The highest BCUT2D eigenvalue weighted by molar-refractivity contribution is 6.02. The SMILES string of the molecule is CCCCc1nc2ccc(C3=NCCN3C)cc2n1-c1ccc(-c2ccccc2)c(-c2nnn[nH]2)c1C. The standard InChI is InChI=1S/C29H30N8/c1-4-5-11-26-31-23-14-12-21(29-30-16-17-36(29)3)18-25(23)37(26)24-15-13-22(20-9-7-6-8-10-20)27(19(24)2)28-32-34-35-33-28/h6-10,12-15,18H,4-5,11,16-17H2,1-3H3,(H,32,33,34,35). The number of hydrogen-bond acceptors (Lipinski definition) is 6. The third-order valence-corrected chi connectivity index (χ3v) is 7.14. The molecule has 2 aromatic heterocycles. The number of tetrazole rings is 1. The summed E-state index contributed by atoms with van der Waals surface area (Å²) in [7, 11) is 2.10. The molecule has 8 nitrogen and oxygen atoms in total. The van der Waals surface area contributed by atoms with Crippen LogP contribution in [0.25, 0.3) is 39.2 Å². The summed E-state index contributed by atoms with van der Waals surface area (Å²) < 4.78 is 2.32. The van der Waals surface area contributed by atoms with Crippen LogP contribution in [0.15, 0.2) is 65.7 Å². The summed E-state index contributed by atoms with van der Waals surface area (Å²) in [6.07, 6.45) is 3.09. The highest BCUT2D eigenvalue weighted by Crippen LogP contribution is 2.37. The number of likely N-dealkylation sites (N-methyl/N-ethyl adjacent to an activating group) is 1. The molecule has 8 heteroatoms. The fourth-order valence-electron chi connectivity index (χ4n) is 5.25. The number of unbranched alkanes of at least 4 members (excludes halogenated alkanes) is 1. The van der Waals surface area contributed by atoms with Gasteiger partial charge in [-0.15, -0.1) is 5.10 Å². The predicted molar refractivity (Wildman–Crippen MR) is 147 cm³/mol. The van der Waals surface area contributed by atoms with Crippen molar-refractivity contribution < 1.29 is 0 Å². The normalized spacial score (nSPS) is 13.5. The van der Waals surface area contributed by atoms with Crippen molar-refractivity contribution in [2.75, 3.05) is 20.1 Å². The lowest BCUT2D eigenvalue weighted by atomic mass is 9.94. The number of hydrogen-bond donors (Lipinski definition) is 1. The van der Waals surface area contributed by atoms with E-state index in [-0.39, 0.29) is 0 Å². The van der Waals surface area contributed by atoms with E-state index in [4.69, 9.17) is 9.98 Å². The Morgan fingerprint density at radius 1 is 1.00 bits per heavy atom. The molecule has 0 aliphatic carbocycles. The Labute approximate surface area is 216 Å². The van der Waals surface area contributed by atoms with Gasteiger partial charge in [-0.25, -0.2) is 10.1 Å². The van der Waals surface area contributed by atoms with Crippen LogP contribution >= 0.6 is 0 Å². The number of aryl methyl sites for hydroxylation is 1. The quantitative estimate of drug-likeness (QED) is 0.338. The molecule has 6 rings (SSSR count). The molecule has 0 saturated heterocycles. The van der Waals surface area contributed by atoms with E-state index in [2.05, 4.69) is 106 Å². The van der Waals surface area contributed by atoms with Crippen LogP contribution in [0.3, 0.4) is 0 Å². The summed E-state index contributed by atoms with van der Waals surface area (Å²) in [6, 6.07) is 21.2. The number of benzene rings is 3. The van der Waals surface area contributed by atoms with Crippen LogP contribution in [0.5, 0.6) is 0 Å². The summed E-state index contributed by atoms with van der Waals surface area (Å²) in [5, 5.41) is 15.1. The molecule has 1 N–H and O–H groups in total. The van der Waals surface area contributed by atoms with E-state index in [1.54, 1.807) is 0 Å². The van der Waals surface area contributed by atoms with Gasteiger partial charge in [-0.2, -0.15) is 0 Å². The zero-order valence-electron chi connectivity index (χ0n) is 21.4. The van der Waals surface area contributed by atoms with E-state index in [9.17, 15) is 0 Å². The molecule has 5 aromatic rings. The monoisotopic (exact) mass is 490 g/mol. The second kappa shape index (κ2) is 9.61. The molecule has 0 atom stereocenters. The van der Waals surface area contributed by atoms with E-state index in [1.807, 2.05) is 6.07 Å². The number of rotatable bonds is 7. The van der Waals surface area contributed by atoms with Gasteiger partial charge < -0.3 is 4.90 Å². The summed E-state index contributed by atoms with van der Waals surface area (Å²) in [6.45, 7) is 6.14. The average molecular weight is 491 g/mol. The van der Waals surface area contributed by atoms with E-state index < -0.39 is 0 Å². The van der Waals surface area contributed by atoms with Crippen molar-refractivity contribution in [3.63, 3.8) is 0 Å². The van der Waals surface area contributed by atoms with Crippen LogP contribution in [0, 0.1) is 6.92 Å². The molecule has 1 aliphatic heterocycles. The fraction of sp³-hybridized carbons (Fsp3) is 0.276. The highest BCUT2D eigenvalue weighted by atomic mass is 15.5. The summed E-state index contributed by atoms with van der Waals surface area (Å²) in [4.78, 5) is 12.1. The molecule has 0 bridgehead atoms. The maximum Gasteiger partial charge on any atom is 0.180 e. The van der Waals surface area contributed by atoms with Gasteiger partial charge in [0.15, 0.2) is 5.82 Å². The van der Waals surface area contributed by atoms with Crippen molar-refractivity contribution in [1.82, 2.24) is 35.1 Å². The van der Waals surface area contributed by atoms with Crippen molar-refractivity contribution in [1.29, 1.82) is 0 Å². The first kappa shape index (κ1) is 23.1. The lowest BCUT2D eigenvalue weighted by molar-refractivity contribution is 0.557. The average Bonchev–Trinajstić information content (AvgIpc) is 3.68. The van der Waals surface area contributed by atoms with Crippen LogP contribution < -0.4 is 0 Å². The van der Waals surface area contributed by atoms with E-state index in [0.29, 0.717) is 5.82 Å². The van der Waals surface area contributed by atoms with Crippen LogP contribution in [0.4, 0.5) is 0 Å². The van der Waals surface area contributed by atoms with Crippen molar-refractivity contribution >= 4 is 16.9 Å². The van der Waals surface area contributed by atoms with E-state index in [0.717, 1.165) is 88.6 Å². The first-order valence-electron chi connectivity index (χ1n) is 12.9. The second-order valence-corrected chi connectivity index (χ2v) is 9.55. The van der Waals surface area contributed by atoms with E-state index in [1.165, 1.54) is 0 Å². The Morgan fingerprint density at radius 2 is 1.86 bits per heavy atom. The summed E-state index contributed by atoms with van der Waals surface area (Å²) in [5.74, 6) is 2.75. The van der Waals surface area contributed by atoms with Gasteiger partial charge in [0, 0.05) is 31.1 Å². The van der Waals surface area contributed by atoms with Gasteiger partial charge in [-0.1, -0.05) is 49.7 Å². The topological polar surface area (TPSA) is 87.9 Å². The zero-order valence-corrected chi connectivity index (χ0v) is 21.4. The van der Waals surface area contributed by atoms with Gasteiger partial charge in [0.25, 0.3) is 0 Å². The highest BCUT2D eigenvalue weighted by Gasteiger charge is 2.22. The van der Waals surface area contributed by atoms with Gasteiger partial charge >= 0.3 is 0 Å². The maximum atomic E-state index is 5.09. The zero-order chi connectivity index (χ0) is 25.4. The molecule has 37 heavy (non-hydrogen) atoms. The Hall–Kier alpha value is -4.33. The molecule has 0 unspecified atom stereocenters. The number of H-pyrrole nitrogens is 1. The minimum atomic E-state index is 0.653. The van der Waals surface area contributed by atoms with Crippen LogP contribution in [0.1, 0.15) is 36.7 Å². The largest absolute Gasteiger partial charge is 0.358 e. The molecule has 186 valence electrons. The summed E-state index contributed by atoms with van der Waals surface area (Å²) >= 11 is 0. The number of aromatic amines is 1. The molecule has 3 aromatic carbocycles. The second-order valence-electron chi connectivity index (χ2n) is 9.55. The molecular formula is C29H30N8. The minimum absolute atomic E-state index is 0.653. The van der Waals surface area contributed by atoms with Gasteiger partial charge in [0.2, 0.25) is 0 Å². The van der Waals surface area contributed by atoms with Crippen molar-refractivity contribution in [2.45, 2.75) is 33.1 Å². The van der Waals surface area contributed by atoms with Gasteiger partial charge in [0.1, 0.15) is 11.7 Å². The first-order valence-corrected chi connectivity index (χ1v) is 12.9. The maximum absolute atomic E-state index is 5.09. The van der Waals surface area contributed by atoms with Crippen molar-refractivity contribution in [2.24, 2.45) is 4.99 Å². The number of amidine groups is 1. The third-order valence-electron chi connectivity index (χ3n) is 7.14. The van der Waals surface area contributed by atoms with Crippen LogP contribution in [0.2, 0.25) is 0 Å². The van der Waals surface area contributed by atoms with Crippen LogP contribution in [-0.4, -0.2) is 61.0 Å². The Kier molecular flexibility index (Phi) is 6.00. The Bertz CT molecular complexity index is 1580. The van der Waals surface area contributed by atoms with Gasteiger partial charge in [-0.05, 0) is 64.7 Å². The number of aromatic nitrogens is 6. The van der Waals surface area contributed by atoms with E-state index >= 15 is 0 Å². The smallest absolute Gasteiger partial charge is 0.180 e. The Balaban J connectivity index is 1.60. The van der Waals surface area contributed by atoms with Crippen molar-refractivity contribution in [3.05, 3.63) is 77.6 Å². The molecule has 1 aliphatic rings. The Morgan fingerprint density at radius 3 is 2.59 bits per heavy atom. The first-order chi connectivity index (χ1) is 18.2. The molecule has 0 amide bonds. The van der Waals surface area contributed by atoms with Crippen LogP contribution in [-0.2, 0) is 6.42 Å². The van der Waals surface area contributed by atoms with Gasteiger partial charge in [-0.3, -0.25) is 9.56 Å². The lowest BCUT2D eigenvalue weighted by Gasteiger charge is -2.18. The number of aliphatic imine (C=N–C) groups is 1. The number of nitrogens with zero attached hydrogens (tertiary/aromatic N) is 7. The minimum Gasteiger partial charge on any atom is -0.358 e. The predicted octanol–water partition coefficient (Wildman–Crippen LogP) is 5.22. The van der Waals surface area contributed by atoms with Gasteiger partial charge in [0.05, 0.1) is 23.3 Å². The number of fused-ring (bicyclic) bond motifs is 1. The molecule has 0 fully saturated rings. The number of imidazole rings is 1. The molecule has 3 heterocycles. The molecular weight excluding hydrogens is 460 g/mol. The molecule has 0 spiro atoms. The third kappa shape index (κ3) is 4.08. The molecule has 0 saturated carbocycles. The number of nitrogens with one attached hydrogen (secondary N) is 1. The summed E-state index contributed by atoms with van der Waals surface area (Å²) in [5.41, 5.74) is 8.57. The molecule has 0 radical (unpaired) electrons. The fourth-order valence-corrected chi connectivity index (χ4v) is 5.25. The van der Waals surface area contributed by atoms with Crippen molar-refractivity contribution in [3.8, 4) is 28.2 Å². The lowest BCUT2D eigenvalue weighted by Crippen LogP contribution is -2.23.